The van der Waals surface area contributed by atoms with Crippen molar-refractivity contribution in [2.75, 3.05) is 11.9 Å². The number of phenolic OH excluding ortho intramolecular Hbond substituents is 1. The van der Waals surface area contributed by atoms with Crippen molar-refractivity contribution in [3.8, 4) is 11.5 Å². The Morgan fingerprint density at radius 1 is 1.07 bits per heavy atom. The molecule has 224 valence electrons. The molecule has 1 fully saturated rings. The number of carbonyl (C=O) groups excluding carboxylic acids is 2. The van der Waals surface area contributed by atoms with Crippen LogP contribution < -0.4 is 10.1 Å². The first-order valence-electron chi connectivity index (χ1n) is 12.7. The van der Waals surface area contributed by atoms with E-state index in [0.717, 1.165) is 20.7 Å². The van der Waals surface area contributed by atoms with Crippen LogP contribution in [0.5, 0.6) is 11.5 Å². The standard InChI is InChI=1S/C30H20Br3FN4O5S/c31-19-3-8-25(43-16-27(39)36-22-6-4-21(34)5-7-22)17(10-19)12-26-29(41)38(15-23-2-1-9-42-23)30(44-26)37-35-14-18-11-20(32)13-24(33)28(18)40/h1-14,40H,15-16H2,(H,36,39)/b26-12-,35-14+,37-30-. The third kappa shape index (κ3) is 8.05. The molecule has 3 aromatic carbocycles. The van der Waals surface area contributed by atoms with Gasteiger partial charge in [0.25, 0.3) is 11.8 Å². The van der Waals surface area contributed by atoms with Crippen LogP contribution in [-0.2, 0) is 16.1 Å². The maximum absolute atomic E-state index is 13.6. The van der Waals surface area contributed by atoms with E-state index < -0.39 is 11.7 Å². The smallest absolute Gasteiger partial charge is 0.267 e. The van der Waals surface area contributed by atoms with Crippen molar-refractivity contribution >= 4 is 94.5 Å². The maximum Gasteiger partial charge on any atom is 0.267 e. The quantitative estimate of drug-likeness (QED) is 0.101. The fraction of sp³-hybridized carbons (Fsp3) is 0.0667. The number of hydrogen-bond donors (Lipinski definition) is 2. The molecule has 0 spiro atoms. The van der Waals surface area contributed by atoms with Gasteiger partial charge < -0.3 is 19.6 Å². The molecule has 0 radical (unpaired) electrons. The van der Waals surface area contributed by atoms with E-state index >= 15 is 0 Å². The molecule has 14 heteroatoms. The number of phenols is 1. The lowest BCUT2D eigenvalue weighted by molar-refractivity contribution is -0.122. The highest BCUT2D eigenvalue weighted by atomic mass is 79.9. The van der Waals surface area contributed by atoms with Gasteiger partial charge in [-0.15, -0.1) is 5.10 Å². The number of amides is 2. The molecule has 9 nitrogen and oxygen atoms in total. The summed E-state index contributed by atoms with van der Waals surface area (Å²) in [4.78, 5) is 27.8. The number of carbonyl (C=O) groups is 2. The average molecular weight is 807 g/mol. The number of thioether (sulfide) groups is 1. The maximum atomic E-state index is 13.6. The van der Waals surface area contributed by atoms with E-state index in [9.17, 15) is 19.1 Å². The topological polar surface area (TPSA) is 117 Å². The van der Waals surface area contributed by atoms with Crippen LogP contribution in [0.4, 0.5) is 10.1 Å². The van der Waals surface area contributed by atoms with E-state index in [1.165, 1.54) is 41.6 Å². The van der Waals surface area contributed by atoms with Crippen LogP contribution in [0.2, 0.25) is 0 Å². The SMILES string of the molecule is O=C(COc1ccc(Br)cc1/C=C1\S/C(=N\N=C\c2cc(Br)cc(Br)c2O)N(Cc2ccco2)C1=O)Nc1ccc(F)cc1. The first-order valence-corrected chi connectivity index (χ1v) is 15.9. The van der Waals surface area contributed by atoms with Gasteiger partial charge in [-0.1, -0.05) is 31.9 Å². The van der Waals surface area contributed by atoms with E-state index in [-0.39, 0.29) is 24.8 Å². The Labute approximate surface area is 280 Å². The molecule has 2 N–H and O–H groups in total. The van der Waals surface area contributed by atoms with E-state index in [1.807, 2.05) is 0 Å². The number of nitrogens with one attached hydrogen (secondary N) is 1. The van der Waals surface area contributed by atoms with Gasteiger partial charge in [-0.2, -0.15) is 5.10 Å². The van der Waals surface area contributed by atoms with E-state index in [1.54, 1.807) is 48.5 Å². The van der Waals surface area contributed by atoms with E-state index in [4.69, 9.17) is 9.15 Å². The Balaban J connectivity index is 1.39. The molecule has 2 amide bonds. The van der Waals surface area contributed by atoms with Crippen molar-refractivity contribution in [2.24, 2.45) is 10.2 Å². The second-order valence-corrected chi connectivity index (χ2v) is 12.8. The molecule has 5 rings (SSSR count). The Hall–Kier alpha value is -3.72. The number of furan rings is 1. The number of hydrogen-bond acceptors (Lipinski definition) is 8. The summed E-state index contributed by atoms with van der Waals surface area (Å²) in [6, 6.07) is 17.4. The first kappa shape index (κ1) is 31.7. The number of amidine groups is 1. The summed E-state index contributed by atoms with van der Waals surface area (Å²) in [5, 5.41) is 21.7. The van der Waals surface area contributed by atoms with Gasteiger partial charge in [-0.25, -0.2) is 4.39 Å². The summed E-state index contributed by atoms with van der Waals surface area (Å²) in [7, 11) is 0. The van der Waals surface area contributed by atoms with Crippen LogP contribution in [0.1, 0.15) is 16.9 Å². The number of benzene rings is 3. The Morgan fingerprint density at radius 2 is 1.84 bits per heavy atom. The van der Waals surface area contributed by atoms with Crippen molar-refractivity contribution in [1.82, 2.24) is 4.90 Å². The minimum Gasteiger partial charge on any atom is -0.506 e. The number of ether oxygens (including phenoxy) is 1. The molecule has 0 atom stereocenters. The zero-order valence-corrected chi connectivity index (χ0v) is 27.9. The Bertz CT molecular complexity index is 1800. The summed E-state index contributed by atoms with van der Waals surface area (Å²) >= 11 is 11.2. The van der Waals surface area contributed by atoms with Gasteiger partial charge in [0.2, 0.25) is 0 Å². The van der Waals surface area contributed by atoms with Crippen molar-refractivity contribution in [2.45, 2.75) is 6.54 Å². The van der Waals surface area contributed by atoms with Gasteiger partial charge in [0.1, 0.15) is 23.1 Å². The predicted octanol–water partition coefficient (Wildman–Crippen LogP) is 7.94. The molecule has 0 saturated carbocycles. The molecule has 1 aliphatic heterocycles. The highest BCUT2D eigenvalue weighted by Crippen LogP contribution is 2.36. The summed E-state index contributed by atoms with van der Waals surface area (Å²) in [5.74, 6) is -0.290. The lowest BCUT2D eigenvalue weighted by atomic mass is 10.2. The van der Waals surface area contributed by atoms with Gasteiger partial charge in [0, 0.05) is 25.8 Å². The molecule has 1 aliphatic rings. The van der Waals surface area contributed by atoms with Crippen molar-refractivity contribution in [3.63, 3.8) is 0 Å². The summed E-state index contributed by atoms with van der Waals surface area (Å²) < 4.78 is 26.4. The predicted molar refractivity (Wildman–Crippen MR) is 178 cm³/mol. The Kier molecular flexibility index (Phi) is 10.4. The lowest BCUT2D eigenvalue weighted by Gasteiger charge is -2.13. The normalized spacial score (nSPS) is 15.1. The first-order chi connectivity index (χ1) is 21.2. The molecule has 4 aromatic rings. The van der Waals surface area contributed by atoms with Crippen LogP contribution in [0.25, 0.3) is 6.08 Å². The third-order valence-electron chi connectivity index (χ3n) is 5.93. The van der Waals surface area contributed by atoms with Crippen LogP contribution >= 0.6 is 59.6 Å². The van der Waals surface area contributed by atoms with Crippen molar-refractivity contribution in [3.05, 3.63) is 114 Å². The number of nitrogens with zero attached hydrogens (tertiary/aromatic N) is 3. The van der Waals surface area contributed by atoms with Gasteiger partial charge in [-0.05, 0) is 100 Å². The van der Waals surface area contributed by atoms with Crippen molar-refractivity contribution < 1.29 is 28.2 Å². The largest absolute Gasteiger partial charge is 0.506 e. The molecule has 0 bridgehead atoms. The second-order valence-electron chi connectivity index (χ2n) is 9.06. The monoisotopic (exact) mass is 804 g/mol. The molecule has 0 unspecified atom stereocenters. The summed E-state index contributed by atoms with van der Waals surface area (Å²) in [5.41, 5.74) is 1.38. The van der Waals surface area contributed by atoms with Crippen LogP contribution in [-0.4, -0.2) is 39.8 Å². The van der Waals surface area contributed by atoms with E-state index in [2.05, 4.69) is 63.3 Å². The number of halogens is 4. The lowest BCUT2D eigenvalue weighted by Crippen LogP contribution is -2.28. The van der Waals surface area contributed by atoms with E-state index in [0.29, 0.717) is 42.9 Å². The van der Waals surface area contributed by atoms with Gasteiger partial charge in [0.05, 0.1) is 28.4 Å². The molecule has 1 saturated heterocycles. The second kappa shape index (κ2) is 14.4. The fourth-order valence-electron chi connectivity index (χ4n) is 3.88. The van der Waals surface area contributed by atoms with Gasteiger partial charge in [0.15, 0.2) is 11.8 Å². The molecular formula is C30H20Br3FN4O5S. The van der Waals surface area contributed by atoms with Crippen molar-refractivity contribution in [1.29, 1.82) is 0 Å². The number of aromatic hydroxyl groups is 1. The molecule has 44 heavy (non-hydrogen) atoms. The van der Waals surface area contributed by atoms with Crippen LogP contribution in [0.3, 0.4) is 0 Å². The minimum atomic E-state index is -0.440. The van der Waals surface area contributed by atoms with Gasteiger partial charge in [-0.3, -0.25) is 14.5 Å². The van der Waals surface area contributed by atoms with Crippen LogP contribution in [0, 0.1) is 5.82 Å². The molecule has 1 aromatic heterocycles. The minimum absolute atomic E-state index is 0.00569. The Morgan fingerprint density at radius 3 is 2.59 bits per heavy atom. The zero-order valence-electron chi connectivity index (χ0n) is 22.3. The fourth-order valence-corrected chi connectivity index (χ4v) is 6.45. The highest BCUT2D eigenvalue weighted by molar-refractivity contribution is 9.11. The average Bonchev–Trinajstić information content (AvgIpc) is 3.60. The molecule has 0 aliphatic carbocycles. The molecular weight excluding hydrogens is 787 g/mol. The number of rotatable bonds is 9. The highest BCUT2D eigenvalue weighted by Gasteiger charge is 2.34. The third-order valence-corrected chi connectivity index (χ3v) is 8.48. The zero-order chi connectivity index (χ0) is 31.2. The number of anilines is 1. The summed E-state index contributed by atoms with van der Waals surface area (Å²) in [6.07, 6.45) is 4.54. The molecule has 2 heterocycles. The summed E-state index contributed by atoms with van der Waals surface area (Å²) in [6.45, 7) is -0.204. The van der Waals surface area contributed by atoms with Gasteiger partial charge >= 0.3 is 0 Å². The van der Waals surface area contributed by atoms with Crippen LogP contribution in [0.15, 0.2) is 106 Å².